The zero-order valence-electron chi connectivity index (χ0n) is 10.8. The number of pyridine rings is 1. The fourth-order valence-electron chi connectivity index (χ4n) is 1.78. The van der Waals surface area contributed by atoms with Gasteiger partial charge < -0.3 is 10.4 Å². The van der Waals surface area contributed by atoms with Crippen LogP contribution in [0.2, 0.25) is 0 Å². The van der Waals surface area contributed by atoms with Crippen LogP contribution in [0.15, 0.2) is 30.5 Å². The van der Waals surface area contributed by atoms with E-state index in [1.54, 1.807) is 6.92 Å². The van der Waals surface area contributed by atoms with E-state index >= 15 is 0 Å². The Labute approximate surface area is 118 Å². The number of carboxylic acid groups (broad SMARTS) is 1. The van der Waals surface area contributed by atoms with Crippen molar-refractivity contribution >= 4 is 23.2 Å². The summed E-state index contributed by atoms with van der Waals surface area (Å²) in [5.41, 5.74) is -0.133. The highest BCUT2D eigenvalue weighted by molar-refractivity contribution is 5.88. The van der Waals surface area contributed by atoms with Gasteiger partial charge in [0.2, 0.25) is 5.82 Å². The molecular formula is C13H10FN3O4. The first kappa shape index (κ1) is 14.4. The van der Waals surface area contributed by atoms with E-state index in [2.05, 4.69) is 10.3 Å². The first-order valence-corrected chi connectivity index (χ1v) is 5.80. The normalized spacial score (nSPS) is 10.2. The number of hydrogen-bond donors (Lipinski definition) is 2. The second-order valence-electron chi connectivity index (χ2n) is 4.21. The highest BCUT2D eigenvalue weighted by Gasteiger charge is 2.19. The van der Waals surface area contributed by atoms with Crippen molar-refractivity contribution in [3.63, 3.8) is 0 Å². The lowest BCUT2D eigenvalue weighted by Crippen LogP contribution is -2.04. The first-order valence-electron chi connectivity index (χ1n) is 5.80. The molecule has 0 saturated heterocycles. The van der Waals surface area contributed by atoms with Gasteiger partial charge in [0.25, 0.3) is 0 Å². The smallest absolute Gasteiger partial charge is 0.338 e. The van der Waals surface area contributed by atoms with Gasteiger partial charge in [0, 0.05) is 17.4 Å². The second-order valence-corrected chi connectivity index (χ2v) is 4.21. The molecule has 0 bridgehead atoms. The molecule has 0 amide bonds. The minimum atomic E-state index is -1.39. The van der Waals surface area contributed by atoms with Gasteiger partial charge in [-0.15, -0.1) is 0 Å². The number of carbonyl (C=O) groups is 1. The summed E-state index contributed by atoms with van der Waals surface area (Å²) in [5, 5.41) is 22.4. The molecule has 21 heavy (non-hydrogen) atoms. The van der Waals surface area contributed by atoms with Crippen molar-refractivity contribution in [2.24, 2.45) is 0 Å². The molecule has 0 unspecified atom stereocenters. The molecule has 0 spiro atoms. The van der Waals surface area contributed by atoms with Crippen LogP contribution in [-0.4, -0.2) is 21.0 Å². The molecule has 1 aromatic heterocycles. The van der Waals surface area contributed by atoms with Gasteiger partial charge >= 0.3 is 11.7 Å². The maximum absolute atomic E-state index is 13.6. The molecule has 0 fully saturated rings. The zero-order valence-corrected chi connectivity index (χ0v) is 10.8. The van der Waals surface area contributed by atoms with Gasteiger partial charge in [-0.25, -0.2) is 14.2 Å². The molecule has 108 valence electrons. The van der Waals surface area contributed by atoms with Crippen molar-refractivity contribution in [3.8, 4) is 0 Å². The monoisotopic (exact) mass is 291 g/mol. The topological polar surface area (TPSA) is 105 Å². The Balaban J connectivity index is 2.39. The van der Waals surface area contributed by atoms with Crippen LogP contribution >= 0.6 is 0 Å². The van der Waals surface area contributed by atoms with Gasteiger partial charge in [0.15, 0.2) is 0 Å². The zero-order chi connectivity index (χ0) is 15.6. The molecule has 0 radical (unpaired) electrons. The number of nitrogens with zero attached hydrogens (tertiary/aromatic N) is 2. The van der Waals surface area contributed by atoms with E-state index in [0.717, 1.165) is 12.1 Å². The standard InChI is InChI=1S/C13H10FN3O4/c1-7-4-5-15-12(11(7)17(20)21)16-8-2-3-9(13(18)19)10(14)6-8/h2-6H,1H3,(H,15,16)(H,18,19). The predicted molar refractivity (Wildman–Crippen MR) is 72.3 cm³/mol. The summed E-state index contributed by atoms with van der Waals surface area (Å²) in [7, 11) is 0. The molecule has 7 nitrogen and oxygen atoms in total. The van der Waals surface area contributed by atoms with Crippen LogP contribution in [0.1, 0.15) is 15.9 Å². The van der Waals surface area contributed by atoms with E-state index in [-0.39, 0.29) is 17.2 Å². The molecule has 0 saturated carbocycles. The average Bonchev–Trinajstić information content (AvgIpc) is 2.37. The number of nitro groups is 1. The van der Waals surface area contributed by atoms with Crippen molar-refractivity contribution in [2.45, 2.75) is 6.92 Å². The molecule has 1 heterocycles. The number of rotatable bonds is 4. The third-order valence-electron chi connectivity index (χ3n) is 2.77. The van der Waals surface area contributed by atoms with Crippen molar-refractivity contribution < 1.29 is 19.2 Å². The quantitative estimate of drug-likeness (QED) is 0.662. The van der Waals surface area contributed by atoms with E-state index in [4.69, 9.17) is 5.11 Å². The highest BCUT2D eigenvalue weighted by Crippen LogP contribution is 2.28. The van der Waals surface area contributed by atoms with Crippen LogP contribution in [0.4, 0.5) is 21.6 Å². The lowest BCUT2D eigenvalue weighted by molar-refractivity contribution is -0.384. The van der Waals surface area contributed by atoms with Gasteiger partial charge in [-0.05, 0) is 31.2 Å². The fraction of sp³-hybridized carbons (Fsp3) is 0.0769. The summed E-state index contributed by atoms with van der Waals surface area (Å²) in [6, 6.07) is 4.80. The molecule has 0 aliphatic rings. The fourth-order valence-corrected chi connectivity index (χ4v) is 1.78. The molecule has 0 aliphatic heterocycles. The third kappa shape index (κ3) is 2.94. The van der Waals surface area contributed by atoms with Crippen LogP contribution < -0.4 is 5.32 Å². The Hall–Kier alpha value is -3.03. The van der Waals surface area contributed by atoms with Crippen molar-refractivity contribution in [3.05, 3.63) is 57.5 Å². The summed E-state index contributed by atoms with van der Waals surface area (Å²) < 4.78 is 13.6. The summed E-state index contributed by atoms with van der Waals surface area (Å²) >= 11 is 0. The molecule has 1 aromatic carbocycles. The lowest BCUT2D eigenvalue weighted by atomic mass is 10.2. The van der Waals surface area contributed by atoms with Gasteiger partial charge in [-0.1, -0.05) is 0 Å². The summed E-state index contributed by atoms with van der Waals surface area (Å²) in [6.45, 7) is 1.55. The maximum atomic E-state index is 13.6. The van der Waals surface area contributed by atoms with Crippen LogP contribution in [0.25, 0.3) is 0 Å². The van der Waals surface area contributed by atoms with E-state index in [1.165, 1.54) is 18.3 Å². The highest BCUT2D eigenvalue weighted by atomic mass is 19.1. The minimum absolute atomic E-state index is 0.0394. The van der Waals surface area contributed by atoms with E-state index in [1.807, 2.05) is 0 Å². The number of halogens is 1. The Morgan fingerprint density at radius 1 is 1.43 bits per heavy atom. The molecular weight excluding hydrogens is 281 g/mol. The number of benzene rings is 1. The summed E-state index contributed by atoms with van der Waals surface area (Å²) in [5.74, 6) is -2.37. The largest absolute Gasteiger partial charge is 0.478 e. The van der Waals surface area contributed by atoms with Crippen molar-refractivity contribution in [2.75, 3.05) is 5.32 Å². The predicted octanol–water partition coefficient (Wildman–Crippen LogP) is 2.88. The molecule has 2 rings (SSSR count). The van der Waals surface area contributed by atoms with Crippen molar-refractivity contribution in [1.82, 2.24) is 4.98 Å². The number of hydrogen-bond acceptors (Lipinski definition) is 5. The lowest BCUT2D eigenvalue weighted by Gasteiger charge is -2.08. The van der Waals surface area contributed by atoms with E-state index in [9.17, 15) is 19.3 Å². The number of aromatic carboxylic acids is 1. The third-order valence-corrected chi connectivity index (χ3v) is 2.77. The van der Waals surface area contributed by atoms with Gasteiger partial charge in [-0.2, -0.15) is 0 Å². The molecule has 8 heteroatoms. The van der Waals surface area contributed by atoms with E-state index in [0.29, 0.717) is 5.56 Å². The first-order chi connectivity index (χ1) is 9.90. The number of aromatic nitrogens is 1. The Morgan fingerprint density at radius 3 is 2.71 bits per heavy atom. The Morgan fingerprint density at radius 2 is 2.14 bits per heavy atom. The van der Waals surface area contributed by atoms with Crippen LogP contribution in [0.5, 0.6) is 0 Å². The van der Waals surface area contributed by atoms with Gasteiger partial charge in [0.05, 0.1) is 10.5 Å². The van der Waals surface area contributed by atoms with Crippen LogP contribution in [0, 0.1) is 22.9 Å². The number of carboxylic acids is 1. The Bertz CT molecular complexity index is 733. The summed E-state index contributed by atoms with van der Waals surface area (Å²) in [4.78, 5) is 25.0. The Kier molecular flexibility index (Phi) is 3.79. The molecule has 0 aliphatic carbocycles. The molecule has 0 atom stereocenters. The van der Waals surface area contributed by atoms with Crippen LogP contribution in [0.3, 0.4) is 0 Å². The van der Waals surface area contributed by atoms with Gasteiger partial charge in [-0.3, -0.25) is 10.1 Å². The second kappa shape index (κ2) is 5.53. The number of nitrogens with one attached hydrogen (secondary N) is 1. The minimum Gasteiger partial charge on any atom is -0.478 e. The maximum Gasteiger partial charge on any atom is 0.338 e. The van der Waals surface area contributed by atoms with Crippen molar-refractivity contribution in [1.29, 1.82) is 0 Å². The number of aryl methyl sites for hydroxylation is 1. The molecule has 2 N–H and O–H groups in total. The summed E-state index contributed by atoms with van der Waals surface area (Å²) in [6.07, 6.45) is 1.38. The van der Waals surface area contributed by atoms with E-state index < -0.39 is 22.3 Å². The van der Waals surface area contributed by atoms with Gasteiger partial charge in [0.1, 0.15) is 5.82 Å². The average molecular weight is 291 g/mol. The van der Waals surface area contributed by atoms with Crippen LogP contribution in [-0.2, 0) is 0 Å². The number of anilines is 2. The SMILES string of the molecule is Cc1ccnc(Nc2ccc(C(=O)O)c(F)c2)c1[N+](=O)[O-]. The molecule has 2 aromatic rings.